The second kappa shape index (κ2) is 4.92. The van der Waals surface area contributed by atoms with E-state index in [0.29, 0.717) is 0 Å². The molecule has 0 fully saturated rings. The van der Waals surface area contributed by atoms with Gasteiger partial charge in [0, 0.05) is 0 Å². The quantitative estimate of drug-likeness (QED) is 0.474. The van der Waals surface area contributed by atoms with Gasteiger partial charge < -0.3 is 9.47 Å². The summed E-state index contributed by atoms with van der Waals surface area (Å²) < 4.78 is 10.6. The third kappa shape index (κ3) is 1.88. The first-order chi connectivity index (χ1) is 10.8. The van der Waals surface area contributed by atoms with E-state index in [1.165, 1.54) is 32.3 Å². The number of benzene rings is 4. The lowest BCUT2D eigenvalue weighted by Gasteiger charge is -2.09. The molecule has 0 bridgehead atoms. The molecular weight excluding hydrogens is 272 g/mol. The number of rotatable bonds is 2. The van der Waals surface area contributed by atoms with E-state index >= 15 is 0 Å². The molecule has 0 aliphatic rings. The molecule has 0 N–H and O–H groups in total. The number of methoxy groups -OCH3 is 2. The zero-order valence-corrected chi connectivity index (χ0v) is 12.6. The predicted molar refractivity (Wildman–Crippen MR) is 92.1 cm³/mol. The molecular formula is C20H16O2. The first-order valence-corrected chi connectivity index (χ1v) is 7.27. The van der Waals surface area contributed by atoms with Crippen molar-refractivity contribution >= 4 is 32.3 Å². The fourth-order valence-corrected chi connectivity index (χ4v) is 3.10. The van der Waals surface area contributed by atoms with Crippen LogP contribution in [-0.2, 0) is 0 Å². The van der Waals surface area contributed by atoms with Crippen molar-refractivity contribution in [3.8, 4) is 11.5 Å². The lowest BCUT2D eigenvalue weighted by molar-refractivity contribution is 0.415. The summed E-state index contributed by atoms with van der Waals surface area (Å²) in [5.74, 6) is 1.77. The molecule has 22 heavy (non-hydrogen) atoms. The molecule has 0 aliphatic heterocycles. The Hall–Kier alpha value is -2.74. The minimum absolute atomic E-state index is 0.886. The maximum absolute atomic E-state index is 5.32. The molecule has 0 atom stereocenters. The summed E-state index contributed by atoms with van der Waals surface area (Å²) in [4.78, 5) is 0. The fraction of sp³-hybridized carbons (Fsp3) is 0.100. The van der Waals surface area contributed by atoms with Gasteiger partial charge in [0.25, 0.3) is 0 Å². The zero-order chi connectivity index (χ0) is 15.1. The van der Waals surface area contributed by atoms with Crippen LogP contribution in [0.4, 0.5) is 0 Å². The summed E-state index contributed by atoms with van der Waals surface area (Å²) in [5.41, 5.74) is 0. The highest BCUT2D eigenvalue weighted by Gasteiger charge is 2.06. The molecule has 0 unspecified atom stereocenters. The molecule has 2 heteroatoms. The summed E-state index contributed by atoms with van der Waals surface area (Å²) in [6.45, 7) is 0. The first kappa shape index (κ1) is 13.0. The van der Waals surface area contributed by atoms with E-state index in [2.05, 4.69) is 48.5 Å². The average molecular weight is 288 g/mol. The molecule has 0 amide bonds. The Bertz CT molecular complexity index is 919. The number of fused-ring (bicyclic) bond motifs is 5. The van der Waals surface area contributed by atoms with E-state index in [0.717, 1.165) is 11.5 Å². The molecule has 0 aromatic heterocycles. The van der Waals surface area contributed by atoms with Crippen molar-refractivity contribution in [3.05, 3.63) is 60.7 Å². The molecule has 2 nitrogen and oxygen atoms in total. The topological polar surface area (TPSA) is 18.5 Å². The summed E-state index contributed by atoms with van der Waals surface area (Å²) in [5, 5.41) is 7.40. The van der Waals surface area contributed by atoms with E-state index in [1.807, 2.05) is 12.1 Å². The van der Waals surface area contributed by atoms with Gasteiger partial charge in [-0.2, -0.15) is 0 Å². The van der Waals surface area contributed by atoms with Gasteiger partial charge in [0.15, 0.2) is 0 Å². The summed E-state index contributed by atoms with van der Waals surface area (Å²) in [6.07, 6.45) is 0. The van der Waals surface area contributed by atoms with Crippen LogP contribution < -0.4 is 9.47 Å². The molecule has 0 spiro atoms. The third-order valence-electron chi connectivity index (χ3n) is 4.25. The van der Waals surface area contributed by atoms with Gasteiger partial charge in [-0.05, 0) is 56.6 Å². The highest BCUT2D eigenvalue weighted by atomic mass is 16.5. The van der Waals surface area contributed by atoms with E-state index in [-0.39, 0.29) is 0 Å². The van der Waals surface area contributed by atoms with Crippen LogP contribution in [0.1, 0.15) is 0 Å². The largest absolute Gasteiger partial charge is 0.497 e. The minimum atomic E-state index is 0.886. The Balaban J connectivity index is 2.08. The van der Waals surface area contributed by atoms with Crippen LogP contribution in [-0.4, -0.2) is 14.2 Å². The highest BCUT2D eigenvalue weighted by molar-refractivity contribution is 6.17. The van der Waals surface area contributed by atoms with Crippen LogP contribution in [0.5, 0.6) is 11.5 Å². The number of ether oxygens (including phenoxy) is 2. The van der Waals surface area contributed by atoms with Gasteiger partial charge in [0.1, 0.15) is 11.5 Å². The fourth-order valence-electron chi connectivity index (χ4n) is 3.10. The molecule has 0 saturated heterocycles. The molecule has 0 radical (unpaired) electrons. The smallest absolute Gasteiger partial charge is 0.119 e. The van der Waals surface area contributed by atoms with E-state index in [4.69, 9.17) is 9.47 Å². The molecule has 0 aliphatic carbocycles. The SMILES string of the molecule is COc1ccc2c(ccc3c4ccc(OC)cc4ccc23)c1. The average Bonchev–Trinajstić information content (AvgIpc) is 2.59. The molecule has 0 heterocycles. The van der Waals surface area contributed by atoms with Crippen LogP contribution >= 0.6 is 0 Å². The Morgan fingerprint density at radius 1 is 0.500 bits per heavy atom. The lowest BCUT2D eigenvalue weighted by atomic mass is 9.97. The van der Waals surface area contributed by atoms with Crippen LogP contribution in [0, 0.1) is 0 Å². The Morgan fingerprint density at radius 2 is 0.909 bits per heavy atom. The van der Waals surface area contributed by atoms with Crippen LogP contribution in [0.2, 0.25) is 0 Å². The van der Waals surface area contributed by atoms with Crippen molar-refractivity contribution in [1.82, 2.24) is 0 Å². The summed E-state index contributed by atoms with van der Waals surface area (Å²) >= 11 is 0. The molecule has 4 rings (SSSR count). The minimum Gasteiger partial charge on any atom is -0.497 e. The molecule has 108 valence electrons. The summed E-state index contributed by atoms with van der Waals surface area (Å²) in [6, 6.07) is 21.1. The third-order valence-corrected chi connectivity index (χ3v) is 4.25. The molecule has 0 saturated carbocycles. The maximum Gasteiger partial charge on any atom is 0.119 e. The van der Waals surface area contributed by atoms with Crippen LogP contribution in [0.3, 0.4) is 0 Å². The normalized spacial score (nSPS) is 11.2. The van der Waals surface area contributed by atoms with Crippen molar-refractivity contribution < 1.29 is 9.47 Å². The first-order valence-electron chi connectivity index (χ1n) is 7.27. The van der Waals surface area contributed by atoms with Gasteiger partial charge in [-0.25, -0.2) is 0 Å². The maximum atomic E-state index is 5.32. The Labute approximate surface area is 128 Å². The van der Waals surface area contributed by atoms with E-state index in [9.17, 15) is 0 Å². The Kier molecular flexibility index (Phi) is 2.90. The van der Waals surface area contributed by atoms with Crippen molar-refractivity contribution in [1.29, 1.82) is 0 Å². The Morgan fingerprint density at radius 3 is 1.32 bits per heavy atom. The predicted octanol–water partition coefficient (Wildman–Crippen LogP) is 5.16. The second-order valence-electron chi connectivity index (χ2n) is 5.40. The zero-order valence-electron chi connectivity index (χ0n) is 12.6. The van der Waals surface area contributed by atoms with Crippen molar-refractivity contribution in [2.45, 2.75) is 0 Å². The van der Waals surface area contributed by atoms with Gasteiger partial charge >= 0.3 is 0 Å². The molecule has 4 aromatic rings. The lowest BCUT2D eigenvalue weighted by Crippen LogP contribution is -1.85. The van der Waals surface area contributed by atoms with E-state index < -0.39 is 0 Å². The van der Waals surface area contributed by atoms with Gasteiger partial charge in [0.2, 0.25) is 0 Å². The van der Waals surface area contributed by atoms with Gasteiger partial charge in [-0.3, -0.25) is 0 Å². The van der Waals surface area contributed by atoms with Crippen LogP contribution in [0.25, 0.3) is 32.3 Å². The van der Waals surface area contributed by atoms with E-state index in [1.54, 1.807) is 14.2 Å². The van der Waals surface area contributed by atoms with Gasteiger partial charge in [-0.1, -0.05) is 36.4 Å². The van der Waals surface area contributed by atoms with Gasteiger partial charge in [0.05, 0.1) is 14.2 Å². The number of hydrogen-bond acceptors (Lipinski definition) is 2. The highest BCUT2D eigenvalue weighted by Crippen LogP contribution is 2.33. The monoisotopic (exact) mass is 288 g/mol. The van der Waals surface area contributed by atoms with Crippen LogP contribution in [0.15, 0.2) is 60.7 Å². The summed E-state index contributed by atoms with van der Waals surface area (Å²) in [7, 11) is 3.40. The van der Waals surface area contributed by atoms with Crippen molar-refractivity contribution in [2.24, 2.45) is 0 Å². The standard InChI is InChI=1S/C20H16O2/c1-21-15-5-9-17-13(11-15)3-7-20-18-10-6-16(22-2)12-14(18)4-8-19(17)20/h3-12H,1-2H3. The second-order valence-corrected chi connectivity index (χ2v) is 5.40. The van der Waals surface area contributed by atoms with Crippen molar-refractivity contribution in [2.75, 3.05) is 14.2 Å². The molecule has 4 aromatic carbocycles. The number of hydrogen-bond donors (Lipinski definition) is 0. The van der Waals surface area contributed by atoms with Gasteiger partial charge in [-0.15, -0.1) is 0 Å². The van der Waals surface area contributed by atoms with Crippen molar-refractivity contribution in [3.63, 3.8) is 0 Å².